The molecule has 5 nitrogen and oxygen atoms in total. The normalized spacial score (nSPS) is 17.2. The van der Waals surface area contributed by atoms with E-state index in [1.807, 2.05) is 57.3 Å². The molecule has 1 atom stereocenters. The molecule has 1 aromatic carbocycles. The van der Waals surface area contributed by atoms with Crippen molar-refractivity contribution in [3.63, 3.8) is 0 Å². The Morgan fingerprint density at radius 1 is 1.22 bits per heavy atom. The SMILES string of the molecule is C[C@H]1CCCN(C(=O)CSc2nnc(-c3cccs3)n2-c2ccccc2)C1. The van der Waals surface area contributed by atoms with E-state index in [4.69, 9.17) is 0 Å². The van der Waals surface area contributed by atoms with Crippen molar-refractivity contribution >= 4 is 29.0 Å². The average Bonchev–Trinajstić information content (AvgIpc) is 3.36. The molecule has 7 heteroatoms. The molecule has 4 rings (SSSR count). The van der Waals surface area contributed by atoms with Gasteiger partial charge in [0.25, 0.3) is 0 Å². The van der Waals surface area contributed by atoms with Gasteiger partial charge < -0.3 is 4.90 Å². The summed E-state index contributed by atoms with van der Waals surface area (Å²) < 4.78 is 2.04. The predicted octanol–water partition coefficient (Wildman–Crippen LogP) is 4.35. The van der Waals surface area contributed by atoms with E-state index in [9.17, 15) is 4.79 Å². The lowest BCUT2D eigenvalue weighted by Gasteiger charge is -2.30. The molecule has 3 aromatic rings. The maximum atomic E-state index is 12.6. The van der Waals surface area contributed by atoms with Crippen molar-refractivity contribution in [2.45, 2.75) is 24.9 Å². The summed E-state index contributed by atoms with van der Waals surface area (Å²) in [4.78, 5) is 15.7. The van der Waals surface area contributed by atoms with Gasteiger partial charge in [0.05, 0.1) is 10.6 Å². The maximum Gasteiger partial charge on any atom is 0.233 e. The van der Waals surface area contributed by atoms with Crippen LogP contribution in [0.25, 0.3) is 16.4 Å². The van der Waals surface area contributed by atoms with Crippen molar-refractivity contribution in [3.8, 4) is 16.4 Å². The molecule has 0 radical (unpaired) electrons. The molecule has 0 saturated carbocycles. The molecule has 0 aliphatic carbocycles. The molecular formula is C20H22N4OS2. The Balaban J connectivity index is 1.57. The van der Waals surface area contributed by atoms with Crippen LogP contribution in [0.2, 0.25) is 0 Å². The van der Waals surface area contributed by atoms with Crippen molar-refractivity contribution in [1.29, 1.82) is 0 Å². The highest BCUT2D eigenvalue weighted by molar-refractivity contribution is 7.99. The lowest BCUT2D eigenvalue weighted by molar-refractivity contribution is -0.130. The van der Waals surface area contributed by atoms with Crippen molar-refractivity contribution in [2.24, 2.45) is 5.92 Å². The van der Waals surface area contributed by atoms with Crippen LogP contribution in [0.4, 0.5) is 0 Å². The summed E-state index contributed by atoms with van der Waals surface area (Å²) in [6, 6.07) is 14.1. The minimum Gasteiger partial charge on any atom is -0.342 e. The smallest absolute Gasteiger partial charge is 0.233 e. The number of hydrogen-bond donors (Lipinski definition) is 0. The van der Waals surface area contributed by atoms with E-state index in [0.29, 0.717) is 11.7 Å². The Morgan fingerprint density at radius 2 is 2.07 bits per heavy atom. The number of aromatic nitrogens is 3. The first-order valence-electron chi connectivity index (χ1n) is 9.17. The predicted molar refractivity (Wildman–Crippen MR) is 110 cm³/mol. The number of thiophene rings is 1. The van der Waals surface area contributed by atoms with E-state index in [2.05, 4.69) is 17.1 Å². The van der Waals surface area contributed by atoms with Gasteiger partial charge in [-0.3, -0.25) is 9.36 Å². The molecule has 1 aliphatic heterocycles. The third-order valence-electron chi connectivity index (χ3n) is 4.72. The molecule has 0 N–H and O–H groups in total. The van der Waals surface area contributed by atoms with Gasteiger partial charge in [-0.25, -0.2) is 0 Å². The largest absolute Gasteiger partial charge is 0.342 e. The Bertz CT molecular complexity index is 892. The second kappa shape index (κ2) is 8.27. The van der Waals surface area contributed by atoms with Gasteiger partial charge in [0.2, 0.25) is 5.91 Å². The fourth-order valence-electron chi connectivity index (χ4n) is 3.37. The van der Waals surface area contributed by atoms with Crippen LogP contribution < -0.4 is 0 Å². The molecule has 0 bridgehead atoms. The van der Waals surface area contributed by atoms with Crippen LogP contribution in [0, 0.1) is 5.92 Å². The highest BCUT2D eigenvalue weighted by Crippen LogP contribution is 2.30. The summed E-state index contributed by atoms with van der Waals surface area (Å²) in [5, 5.41) is 11.6. The molecule has 0 unspecified atom stereocenters. The average molecular weight is 399 g/mol. The molecule has 0 spiro atoms. The van der Waals surface area contributed by atoms with Crippen LogP contribution in [-0.2, 0) is 4.79 Å². The fraction of sp³-hybridized carbons (Fsp3) is 0.350. The molecule has 2 aromatic heterocycles. The third-order valence-corrected chi connectivity index (χ3v) is 6.50. The van der Waals surface area contributed by atoms with Crippen molar-refractivity contribution in [2.75, 3.05) is 18.8 Å². The summed E-state index contributed by atoms with van der Waals surface area (Å²) in [7, 11) is 0. The van der Waals surface area contributed by atoms with Crippen molar-refractivity contribution in [3.05, 3.63) is 47.8 Å². The molecule has 1 fully saturated rings. The van der Waals surface area contributed by atoms with Crippen LogP contribution in [0.5, 0.6) is 0 Å². The zero-order chi connectivity index (χ0) is 18.6. The van der Waals surface area contributed by atoms with Gasteiger partial charge >= 0.3 is 0 Å². The van der Waals surface area contributed by atoms with E-state index in [0.717, 1.165) is 41.1 Å². The van der Waals surface area contributed by atoms with Gasteiger partial charge in [-0.05, 0) is 42.3 Å². The number of amides is 1. The first kappa shape index (κ1) is 18.3. The van der Waals surface area contributed by atoms with Crippen LogP contribution >= 0.6 is 23.1 Å². The summed E-state index contributed by atoms with van der Waals surface area (Å²) in [5.41, 5.74) is 1.01. The van der Waals surface area contributed by atoms with E-state index in [-0.39, 0.29) is 5.91 Å². The number of hydrogen-bond acceptors (Lipinski definition) is 5. The highest BCUT2D eigenvalue weighted by atomic mass is 32.2. The zero-order valence-electron chi connectivity index (χ0n) is 15.2. The topological polar surface area (TPSA) is 51.0 Å². The molecule has 27 heavy (non-hydrogen) atoms. The molecule has 140 valence electrons. The van der Waals surface area contributed by atoms with E-state index in [1.54, 1.807) is 11.3 Å². The number of benzene rings is 1. The Labute approximate surface area is 167 Å². The van der Waals surface area contributed by atoms with Gasteiger partial charge in [0.15, 0.2) is 11.0 Å². The zero-order valence-corrected chi connectivity index (χ0v) is 16.9. The quantitative estimate of drug-likeness (QED) is 0.600. The van der Waals surface area contributed by atoms with Crippen LogP contribution in [-0.4, -0.2) is 44.4 Å². The van der Waals surface area contributed by atoms with Gasteiger partial charge in [-0.15, -0.1) is 21.5 Å². The summed E-state index contributed by atoms with van der Waals surface area (Å²) in [5.74, 6) is 1.98. The summed E-state index contributed by atoms with van der Waals surface area (Å²) >= 11 is 3.10. The Hall–Kier alpha value is -2.12. The maximum absolute atomic E-state index is 12.6. The molecule has 3 heterocycles. The second-order valence-corrected chi connectivity index (χ2v) is 8.72. The van der Waals surface area contributed by atoms with Gasteiger partial charge in [-0.1, -0.05) is 43.0 Å². The number of nitrogens with zero attached hydrogens (tertiary/aromatic N) is 4. The summed E-state index contributed by atoms with van der Waals surface area (Å²) in [6.45, 7) is 3.95. The number of carbonyl (C=O) groups excluding carboxylic acids is 1. The molecular weight excluding hydrogens is 376 g/mol. The Kier molecular flexibility index (Phi) is 5.59. The molecule has 1 saturated heterocycles. The van der Waals surface area contributed by atoms with Crippen LogP contribution in [0.1, 0.15) is 19.8 Å². The lowest BCUT2D eigenvalue weighted by atomic mass is 10.0. The first-order chi connectivity index (χ1) is 13.2. The van der Waals surface area contributed by atoms with Gasteiger partial charge in [0, 0.05) is 18.8 Å². The van der Waals surface area contributed by atoms with E-state index in [1.165, 1.54) is 18.2 Å². The van der Waals surface area contributed by atoms with Crippen molar-refractivity contribution in [1.82, 2.24) is 19.7 Å². The standard InChI is InChI=1S/C20H22N4OS2/c1-15-7-5-11-23(13-15)18(25)14-27-20-22-21-19(17-10-6-12-26-17)24(20)16-8-3-2-4-9-16/h2-4,6,8-10,12,15H,5,7,11,13-14H2,1H3/t15-/m0/s1. The van der Waals surface area contributed by atoms with Gasteiger partial charge in [0.1, 0.15) is 0 Å². The minimum absolute atomic E-state index is 0.187. The lowest BCUT2D eigenvalue weighted by Crippen LogP contribution is -2.40. The van der Waals surface area contributed by atoms with E-state index < -0.39 is 0 Å². The fourth-order valence-corrected chi connectivity index (χ4v) is 4.93. The Morgan fingerprint density at radius 3 is 2.81 bits per heavy atom. The van der Waals surface area contributed by atoms with Gasteiger partial charge in [-0.2, -0.15) is 0 Å². The minimum atomic E-state index is 0.187. The molecule has 1 amide bonds. The number of likely N-dealkylation sites (tertiary alicyclic amines) is 1. The number of para-hydroxylation sites is 1. The number of rotatable bonds is 5. The molecule has 1 aliphatic rings. The van der Waals surface area contributed by atoms with Crippen LogP contribution in [0.3, 0.4) is 0 Å². The summed E-state index contributed by atoms with van der Waals surface area (Å²) in [6.07, 6.45) is 2.31. The number of piperidine rings is 1. The highest BCUT2D eigenvalue weighted by Gasteiger charge is 2.23. The van der Waals surface area contributed by atoms with Crippen LogP contribution in [0.15, 0.2) is 53.0 Å². The third kappa shape index (κ3) is 4.09. The first-order valence-corrected chi connectivity index (χ1v) is 11.0. The van der Waals surface area contributed by atoms with Crippen molar-refractivity contribution < 1.29 is 4.79 Å². The monoisotopic (exact) mass is 398 g/mol. The number of thioether (sulfide) groups is 1. The van der Waals surface area contributed by atoms with E-state index >= 15 is 0 Å². The number of carbonyl (C=O) groups is 1. The second-order valence-electron chi connectivity index (χ2n) is 6.83.